The molecule has 0 bridgehead atoms. The molecule has 2 aromatic carbocycles. The second-order valence-corrected chi connectivity index (χ2v) is 8.75. The van der Waals surface area contributed by atoms with Gasteiger partial charge in [0.1, 0.15) is 12.4 Å². The average molecular weight is 498 g/mol. The monoisotopic (exact) mass is 497 g/mol. The van der Waals surface area contributed by atoms with Crippen LogP contribution in [0.5, 0.6) is 5.75 Å². The van der Waals surface area contributed by atoms with Crippen LogP contribution in [0, 0.1) is 13.8 Å². The minimum Gasteiger partial charge on any atom is -0.488 e. The lowest BCUT2D eigenvalue weighted by molar-refractivity contribution is -0.137. The maximum Gasteiger partial charge on any atom is 0.416 e. The average Bonchev–Trinajstić information content (AvgIpc) is 2.87. The number of carbonyl (C=O) groups is 2. The Balaban J connectivity index is 1.36. The van der Waals surface area contributed by atoms with Crippen molar-refractivity contribution < 1.29 is 27.5 Å². The fourth-order valence-electron chi connectivity index (χ4n) is 4.22. The topological polar surface area (TPSA) is 62.7 Å². The molecule has 2 amide bonds. The van der Waals surface area contributed by atoms with Gasteiger partial charge in [0.05, 0.1) is 5.56 Å². The predicted octanol–water partition coefficient (Wildman–Crippen LogP) is 4.89. The van der Waals surface area contributed by atoms with Crippen LogP contribution in [0.3, 0.4) is 0 Å². The van der Waals surface area contributed by atoms with E-state index in [9.17, 15) is 22.8 Å². The summed E-state index contributed by atoms with van der Waals surface area (Å²) in [6, 6.07) is 11.6. The molecule has 0 atom stereocenters. The highest BCUT2D eigenvalue weighted by molar-refractivity contribution is 5.96. The number of piperazine rings is 1. The third kappa shape index (κ3) is 5.67. The van der Waals surface area contributed by atoms with E-state index in [1.807, 2.05) is 26.0 Å². The Bertz CT molecular complexity index is 1210. The lowest BCUT2D eigenvalue weighted by atomic mass is 10.0. The second kappa shape index (κ2) is 10.4. The number of alkyl halides is 3. The van der Waals surface area contributed by atoms with Gasteiger partial charge in [0.25, 0.3) is 11.8 Å². The van der Waals surface area contributed by atoms with Crippen molar-refractivity contribution in [2.45, 2.75) is 26.6 Å². The molecule has 1 fully saturated rings. The van der Waals surface area contributed by atoms with E-state index in [4.69, 9.17) is 4.74 Å². The SMILES string of the molecule is Cc1cc(C(=O)N2CCN(C(=O)c3ccc(C(F)(F)F)cc3)CC2)cc(C)c1OCc1cccnc1. The van der Waals surface area contributed by atoms with Gasteiger partial charge in [0, 0.05) is 55.3 Å². The zero-order valence-corrected chi connectivity index (χ0v) is 20.0. The van der Waals surface area contributed by atoms with Gasteiger partial charge in [-0.05, 0) is 67.4 Å². The number of ether oxygens (including phenoxy) is 1. The summed E-state index contributed by atoms with van der Waals surface area (Å²) < 4.78 is 44.3. The summed E-state index contributed by atoms with van der Waals surface area (Å²) in [7, 11) is 0. The van der Waals surface area contributed by atoms with Crippen LogP contribution in [0.2, 0.25) is 0 Å². The number of rotatable bonds is 5. The summed E-state index contributed by atoms with van der Waals surface area (Å²) in [6.45, 7) is 5.43. The number of nitrogens with zero attached hydrogens (tertiary/aromatic N) is 3. The third-order valence-electron chi connectivity index (χ3n) is 6.13. The molecule has 1 aliphatic heterocycles. The van der Waals surface area contributed by atoms with Crippen molar-refractivity contribution in [3.8, 4) is 5.75 Å². The molecule has 6 nitrogen and oxygen atoms in total. The zero-order valence-electron chi connectivity index (χ0n) is 20.0. The number of aromatic nitrogens is 1. The fraction of sp³-hybridized carbons (Fsp3) is 0.296. The normalized spacial score (nSPS) is 14.0. The van der Waals surface area contributed by atoms with E-state index in [0.717, 1.165) is 34.6 Å². The molecule has 0 spiro atoms. The lowest BCUT2D eigenvalue weighted by Crippen LogP contribution is -2.50. The number of benzene rings is 2. The van der Waals surface area contributed by atoms with Crippen LogP contribution in [0.1, 0.15) is 43.0 Å². The van der Waals surface area contributed by atoms with Crippen LogP contribution in [-0.4, -0.2) is 52.8 Å². The quantitative estimate of drug-likeness (QED) is 0.504. The number of hydrogen-bond acceptors (Lipinski definition) is 4. The van der Waals surface area contributed by atoms with Gasteiger partial charge in [0.2, 0.25) is 0 Å². The van der Waals surface area contributed by atoms with E-state index in [-0.39, 0.29) is 17.4 Å². The van der Waals surface area contributed by atoms with Crippen molar-refractivity contribution >= 4 is 11.8 Å². The van der Waals surface area contributed by atoms with E-state index in [1.165, 1.54) is 12.1 Å². The highest BCUT2D eigenvalue weighted by Crippen LogP contribution is 2.29. The second-order valence-electron chi connectivity index (χ2n) is 8.75. The molecule has 36 heavy (non-hydrogen) atoms. The van der Waals surface area contributed by atoms with Crippen LogP contribution in [0.25, 0.3) is 0 Å². The maximum absolute atomic E-state index is 13.1. The summed E-state index contributed by atoms with van der Waals surface area (Å²) in [4.78, 5) is 33.2. The molecule has 4 rings (SSSR count). The summed E-state index contributed by atoms with van der Waals surface area (Å²) in [6.07, 6.45) is -1.01. The zero-order chi connectivity index (χ0) is 25.9. The van der Waals surface area contributed by atoms with Crippen LogP contribution >= 0.6 is 0 Å². The Morgan fingerprint density at radius 2 is 1.44 bits per heavy atom. The molecule has 1 saturated heterocycles. The van der Waals surface area contributed by atoms with Gasteiger partial charge < -0.3 is 14.5 Å². The lowest BCUT2D eigenvalue weighted by Gasteiger charge is -2.35. The minimum absolute atomic E-state index is 0.137. The Morgan fingerprint density at radius 1 is 0.889 bits per heavy atom. The summed E-state index contributed by atoms with van der Waals surface area (Å²) >= 11 is 0. The van der Waals surface area contributed by atoms with Crippen LogP contribution in [0.15, 0.2) is 60.9 Å². The number of hydrogen-bond donors (Lipinski definition) is 0. The maximum atomic E-state index is 13.1. The Labute approximate surface area is 207 Å². The molecule has 3 aromatic rings. The van der Waals surface area contributed by atoms with E-state index in [1.54, 1.807) is 34.3 Å². The molecule has 0 unspecified atom stereocenters. The molecule has 0 radical (unpaired) electrons. The molecular formula is C27H26F3N3O3. The molecule has 0 aliphatic carbocycles. The van der Waals surface area contributed by atoms with Gasteiger partial charge in [-0.3, -0.25) is 14.6 Å². The summed E-state index contributed by atoms with van der Waals surface area (Å²) in [5.74, 6) is 0.238. The molecule has 0 N–H and O–H groups in total. The Hall–Kier alpha value is -3.88. The van der Waals surface area contributed by atoms with Gasteiger partial charge in [-0.2, -0.15) is 13.2 Å². The van der Waals surface area contributed by atoms with Crippen molar-refractivity contribution in [3.05, 3.63) is 94.3 Å². The van der Waals surface area contributed by atoms with Crippen molar-refractivity contribution in [3.63, 3.8) is 0 Å². The first-order valence-electron chi connectivity index (χ1n) is 11.5. The first kappa shape index (κ1) is 25.2. The van der Waals surface area contributed by atoms with Crippen molar-refractivity contribution in [1.29, 1.82) is 0 Å². The van der Waals surface area contributed by atoms with Crippen LogP contribution in [-0.2, 0) is 12.8 Å². The molecule has 1 aromatic heterocycles. The highest BCUT2D eigenvalue weighted by Gasteiger charge is 2.31. The van der Waals surface area contributed by atoms with Gasteiger partial charge in [-0.15, -0.1) is 0 Å². The first-order valence-corrected chi connectivity index (χ1v) is 11.5. The third-order valence-corrected chi connectivity index (χ3v) is 6.13. The number of halogens is 3. The van der Waals surface area contributed by atoms with Gasteiger partial charge in [0.15, 0.2) is 0 Å². The Morgan fingerprint density at radius 3 is 1.94 bits per heavy atom. The van der Waals surface area contributed by atoms with E-state index in [2.05, 4.69) is 4.98 Å². The van der Waals surface area contributed by atoms with E-state index in [0.29, 0.717) is 38.3 Å². The number of carbonyl (C=O) groups excluding carboxylic acids is 2. The standard InChI is InChI=1S/C27H26F3N3O3/c1-18-14-22(15-19(2)24(18)36-17-20-4-3-9-31-16-20)26(35)33-12-10-32(11-13-33)25(34)21-5-7-23(8-6-21)27(28,29)30/h3-9,14-16H,10-13,17H2,1-2H3. The smallest absolute Gasteiger partial charge is 0.416 e. The molecular weight excluding hydrogens is 471 g/mol. The van der Waals surface area contributed by atoms with Crippen molar-refractivity contribution in [1.82, 2.24) is 14.8 Å². The van der Waals surface area contributed by atoms with E-state index < -0.39 is 11.7 Å². The Kier molecular flexibility index (Phi) is 7.28. The number of pyridine rings is 1. The van der Waals surface area contributed by atoms with Gasteiger partial charge in [-0.1, -0.05) is 6.07 Å². The number of aryl methyl sites for hydroxylation is 2. The molecule has 1 aliphatic rings. The highest BCUT2D eigenvalue weighted by atomic mass is 19.4. The van der Waals surface area contributed by atoms with E-state index >= 15 is 0 Å². The number of amides is 2. The minimum atomic E-state index is -4.45. The molecule has 0 saturated carbocycles. The van der Waals surface area contributed by atoms with Crippen LogP contribution in [0.4, 0.5) is 13.2 Å². The largest absolute Gasteiger partial charge is 0.488 e. The van der Waals surface area contributed by atoms with Crippen LogP contribution < -0.4 is 4.74 Å². The molecule has 9 heteroatoms. The summed E-state index contributed by atoms with van der Waals surface area (Å²) in [5.41, 5.74) is 2.57. The van der Waals surface area contributed by atoms with Gasteiger partial charge >= 0.3 is 6.18 Å². The van der Waals surface area contributed by atoms with Crippen molar-refractivity contribution in [2.24, 2.45) is 0 Å². The summed E-state index contributed by atoms with van der Waals surface area (Å²) in [5, 5.41) is 0. The fourth-order valence-corrected chi connectivity index (χ4v) is 4.22. The molecule has 188 valence electrons. The first-order chi connectivity index (χ1) is 17.1. The predicted molar refractivity (Wildman–Crippen MR) is 128 cm³/mol. The molecule has 2 heterocycles. The van der Waals surface area contributed by atoms with Gasteiger partial charge in [-0.25, -0.2) is 0 Å². The van der Waals surface area contributed by atoms with Crippen molar-refractivity contribution in [2.75, 3.05) is 26.2 Å².